The number of phenols is 1. The third-order valence-electron chi connectivity index (χ3n) is 3.47. The van der Waals surface area contributed by atoms with Crippen LogP contribution in [0.3, 0.4) is 0 Å². The number of phenolic OH excluding ortho intramolecular Hbond substituents is 1. The van der Waals surface area contributed by atoms with Gasteiger partial charge in [-0.15, -0.1) is 11.8 Å². The zero-order chi connectivity index (χ0) is 15.0. The third kappa shape index (κ3) is 3.24. The van der Waals surface area contributed by atoms with Gasteiger partial charge in [-0.25, -0.2) is 0 Å². The van der Waals surface area contributed by atoms with Gasteiger partial charge >= 0.3 is 0 Å². The first-order chi connectivity index (χ1) is 10.0. The predicted molar refractivity (Wildman–Crippen MR) is 90.8 cm³/mol. The van der Waals surface area contributed by atoms with Crippen molar-refractivity contribution in [2.45, 2.75) is 29.6 Å². The van der Waals surface area contributed by atoms with E-state index in [1.807, 2.05) is 29.6 Å². The molecule has 0 radical (unpaired) electrons. The van der Waals surface area contributed by atoms with Crippen molar-refractivity contribution in [1.29, 1.82) is 0 Å². The van der Waals surface area contributed by atoms with Crippen LogP contribution < -0.4 is 0 Å². The summed E-state index contributed by atoms with van der Waals surface area (Å²) in [5.41, 5.74) is 0.726. The Kier molecular flexibility index (Phi) is 4.51. The maximum atomic E-state index is 9.74. The summed E-state index contributed by atoms with van der Waals surface area (Å²) in [7, 11) is 0. The summed E-state index contributed by atoms with van der Waals surface area (Å²) >= 11 is 7.11. The van der Waals surface area contributed by atoms with Crippen LogP contribution in [0.5, 0.6) is 5.75 Å². The molecule has 7 heteroatoms. The van der Waals surface area contributed by atoms with E-state index in [2.05, 4.69) is 39.9 Å². The van der Waals surface area contributed by atoms with Crippen LogP contribution >= 0.6 is 39.5 Å². The van der Waals surface area contributed by atoms with E-state index in [-0.39, 0.29) is 11.0 Å². The van der Waals surface area contributed by atoms with Crippen molar-refractivity contribution < 1.29 is 9.63 Å². The van der Waals surface area contributed by atoms with Gasteiger partial charge in [0.15, 0.2) is 5.82 Å². The van der Waals surface area contributed by atoms with Crippen molar-refractivity contribution in [3.63, 3.8) is 0 Å². The first kappa shape index (κ1) is 15.2. The lowest BCUT2D eigenvalue weighted by molar-refractivity contribution is 0.422. The molecule has 21 heavy (non-hydrogen) atoms. The highest BCUT2D eigenvalue weighted by atomic mass is 79.9. The zero-order valence-corrected chi connectivity index (χ0v) is 14.8. The summed E-state index contributed by atoms with van der Waals surface area (Å²) in [6.45, 7) is 4.49. The smallest absolute Gasteiger partial charge is 0.258 e. The topological polar surface area (TPSA) is 59.2 Å². The Balaban J connectivity index is 1.81. The standard InChI is InChI=1S/C14H15BrN2O2S2/c1-7-8(2)21-12(6-20-7)13-16-14(19-17-13)9-3-4-10(15)11(18)5-9/h3-5,7-8,12,18H,6H2,1-2H3. The first-order valence-corrected chi connectivity index (χ1v) is 9.42. The Morgan fingerprint density at radius 1 is 1.33 bits per heavy atom. The molecule has 1 aromatic carbocycles. The zero-order valence-electron chi connectivity index (χ0n) is 11.6. The van der Waals surface area contributed by atoms with Gasteiger partial charge in [-0.1, -0.05) is 19.0 Å². The Morgan fingerprint density at radius 3 is 2.86 bits per heavy atom. The summed E-state index contributed by atoms with van der Waals surface area (Å²) in [6, 6.07) is 5.23. The van der Waals surface area contributed by atoms with Crippen LogP contribution in [-0.4, -0.2) is 31.5 Å². The lowest BCUT2D eigenvalue weighted by Crippen LogP contribution is -2.22. The van der Waals surface area contributed by atoms with Gasteiger partial charge in [0.05, 0.1) is 9.72 Å². The Morgan fingerprint density at radius 2 is 2.14 bits per heavy atom. The van der Waals surface area contributed by atoms with Crippen LogP contribution in [0.25, 0.3) is 11.5 Å². The molecule has 2 heterocycles. The van der Waals surface area contributed by atoms with Crippen molar-refractivity contribution in [1.82, 2.24) is 10.1 Å². The highest BCUT2D eigenvalue weighted by Gasteiger charge is 2.30. The quantitative estimate of drug-likeness (QED) is 0.819. The number of rotatable bonds is 2. The molecule has 0 saturated carbocycles. The number of aromatic nitrogens is 2. The normalized spacial score (nSPS) is 26.0. The molecule has 1 fully saturated rings. The molecular formula is C14H15BrN2O2S2. The number of aromatic hydroxyl groups is 1. The van der Waals surface area contributed by atoms with E-state index in [1.54, 1.807) is 12.1 Å². The molecule has 3 rings (SSSR count). The minimum Gasteiger partial charge on any atom is -0.507 e. The van der Waals surface area contributed by atoms with Gasteiger partial charge in [-0.2, -0.15) is 16.7 Å². The van der Waals surface area contributed by atoms with Crippen LogP contribution in [0.1, 0.15) is 24.9 Å². The van der Waals surface area contributed by atoms with E-state index in [1.165, 1.54) is 0 Å². The second kappa shape index (κ2) is 6.22. The number of halogens is 1. The van der Waals surface area contributed by atoms with Gasteiger partial charge in [0.25, 0.3) is 5.89 Å². The molecule has 0 bridgehead atoms. The van der Waals surface area contributed by atoms with Crippen LogP contribution in [-0.2, 0) is 0 Å². The van der Waals surface area contributed by atoms with E-state index in [0.29, 0.717) is 20.9 Å². The number of benzene rings is 1. The number of thioether (sulfide) groups is 2. The van der Waals surface area contributed by atoms with Gasteiger partial charge in [0.1, 0.15) is 5.75 Å². The molecule has 1 aliphatic heterocycles. The fraction of sp³-hybridized carbons (Fsp3) is 0.429. The molecule has 0 aliphatic carbocycles. The van der Waals surface area contributed by atoms with Gasteiger partial charge in [0.2, 0.25) is 0 Å². The third-order valence-corrected chi connectivity index (χ3v) is 7.53. The fourth-order valence-electron chi connectivity index (χ4n) is 2.05. The van der Waals surface area contributed by atoms with Crippen molar-refractivity contribution in [2.75, 3.05) is 5.75 Å². The average Bonchev–Trinajstić information content (AvgIpc) is 2.94. The van der Waals surface area contributed by atoms with Gasteiger partial charge in [-0.05, 0) is 34.1 Å². The van der Waals surface area contributed by atoms with Crippen molar-refractivity contribution in [2.24, 2.45) is 0 Å². The molecule has 2 aromatic rings. The predicted octanol–water partition coefficient (Wildman–Crippen LogP) is 4.50. The number of hydrogen-bond acceptors (Lipinski definition) is 6. The first-order valence-electron chi connectivity index (χ1n) is 6.64. The minimum atomic E-state index is 0.164. The van der Waals surface area contributed by atoms with Gasteiger partial charge in [-0.3, -0.25) is 0 Å². The molecule has 0 spiro atoms. The Labute approximate surface area is 140 Å². The maximum absolute atomic E-state index is 9.74. The second-order valence-corrected chi connectivity index (χ2v) is 8.84. The van der Waals surface area contributed by atoms with E-state index >= 15 is 0 Å². The Bertz CT molecular complexity index is 650. The van der Waals surface area contributed by atoms with E-state index in [9.17, 15) is 5.11 Å². The molecule has 1 saturated heterocycles. The van der Waals surface area contributed by atoms with Crippen LogP contribution in [0.2, 0.25) is 0 Å². The molecule has 1 N–H and O–H groups in total. The molecule has 112 valence electrons. The number of nitrogens with zero attached hydrogens (tertiary/aromatic N) is 2. The second-order valence-electron chi connectivity index (χ2n) is 4.99. The molecule has 1 aromatic heterocycles. The molecule has 3 unspecified atom stereocenters. The highest BCUT2D eigenvalue weighted by Crippen LogP contribution is 2.43. The lowest BCUT2D eigenvalue weighted by Gasteiger charge is -2.29. The van der Waals surface area contributed by atoms with Gasteiger partial charge in [0, 0.05) is 21.8 Å². The number of hydrogen-bond donors (Lipinski definition) is 1. The molecule has 3 atom stereocenters. The summed E-state index contributed by atoms with van der Waals surface area (Å²) in [6.07, 6.45) is 0. The van der Waals surface area contributed by atoms with Crippen LogP contribution in [0.15, 0.2) is 27.2 Å². The van der Waals surface area contributed by atoms with Crippen molar-refractivity contribution in [3.8, 4) is 17.2 Å². The van der Waals surface area contributed by atoms with E-state index in [4.69, 9.17) is 4.52 Å². The molecular weight excluding hydrogens is 372 g/mol. The van der Waals surface area contributed by atoms with Crippen LogP contribution in [0, 0.1) is 0 Å². The average molecular weight is 387 g/mol. The van der Waals surface area contributed by atoms with Crippen LogP contribution in [0.4, 0.5) is 0 Å². The van der Waals surface area contributed by atoms with E-state index in [0.717, 1.165) is 17.1 Å². The fourth-order valence-corrected chi connectivity index (χ4v) is 5.13. The summed E-state index contributed by atoms with van der Waals surface area (Å²) in [5, 5.41) is 15.3. The van der Waals surface area contributed by atoms with Crippen molar-refractivity contribution >= 4 is 39.5 Å². The lowest BCUT2D eigenvalue weighted by atomic mass is 10.2. The molecule has 0 amide bonds. The molecule has 1 aliphatic rings. The largest absolute Gasteiger partial charge is 0.507 e. The summed E-state index contributed by atoms with van der Waals surface area (Å²) < 4.78 is 6.00. The SMILES string of the molecule is CC1SCC(c2noc(-c3ccc(Br)c(O)c3)n2)SC1C. The highest BCUT2D eigenvalue weighted by molar-refractivity contribution is 9.10. The maximum Gasteiger partial charge on any atom is 0.258 e. The van der Waals surface area contributed by atoms with Gasteiger partial charge < -0.3 is 9.63 Å². The van der Waals surface area contributed by atoms with Crippen molar-refractivity contribution in [3.05, 3.63) is 28.5 Å². The minimum absolute atomic E-state index is 0.164. The monoisotopic (exact) mass is 386 g/mol. The Hall–Kier alpha value is -0.660. The molecule has 4 nitrogen and oxygen atoms in total. The van der Waals surface area contributed by atoms with E-state index < -0.39 is 0 Å². The summed E-state index contributed by atoms with van der Waals surface area (Å²) in [4.78, 5) is 4.50. The summed E-state index contributed by atoms with van der Waals surface area (Å²) in [5.74, 6) is 2.35.